The van der Waals surface area contributed by atoms with Crippen molar-refractivity contribution < 1.29 is 29.9 Å². The predicted octanol–water partition coefficient (Wildman–Crippen LogP) is -1.22. The smallest absolute Gasteiger partial charge is 0.267 e. The van der Waals surface area contributed by atoms with Gasteiger partial charge in [0.05, 0.1) is 18.8 Å². The van der Waals surface area contributed by atoms with Gasteiger partial charge >= 0.3 is 0 Å². The SMILES string of the molecule is Cc1ccc(=O)n(Cc2ccccc2O[C@@H]2O[C@H](CO)[C@@H](O)[C@H](O)[C@H]2O)n1. The topological polar surface area (TPSA) is 134 Å². The summed E-state index contributed by atoms with van der Waals surface area (Å²) in [5, 5.41) is 43.3. The van der Waals surface area contributed by atoms with Crippen LogP contribution in [0.3, 0.4) is 0 Å². The van der Waals surface area contributed by atoms with Crippen LogP contribution in [0, 0.1) is 6.92 Å². The minimum Gasteiger partial charge on any atom is -0.462 e. The summed E-state index contributed by atoms with van der Waals surface area (Å²) in [6, 6.07) is 9.86. The van der Waals surface area contributed by atoms with Crippen LogP contribution in [0.25, 0.3) is 0 Å². The van der Waals surface area contributed by atoms with Gasteiger partial charge < -0.3 is 29.9 Å². The highest BCUT2D eigenvalue weighted by molar-refractivity contribution is 5.33. The molecule has 0 amide bonds. The highest BCUT2D eigenvalue weighted by Crippen LogP contribution is 2.26. The van der Waals surface area contributed by atoms with Crippen LogP contribution in [-0.2, 0) is 11.3 Å². The van der Waals surface area contributed by atoms with Crippen molar-refractivity contribution in [3.05, 3.63) is 58.0 Å². The van der Waals surface area contributed by atoms with Crippen molar-refractivity contribution in [2.75, 3.05) is 6.61 Å². The van der Waals surface area contributed by atoms with E-state index in [0.717, 1.165) is 0 Å². The van der Waals surface area contributed by atoms with Crippen molar-refractivity contribution in [2.45, 2.75) is 44.2 Å². The minimum absolute atomic E-state index is 0.133. The zero-order valence-electron chi connectivity index (χ0n) is 14.7. The van der Waals surface area contributed by atoms with E-state index in [2.05, 4.69) is 5.10 Å². The molecule has 0 spiro atoms. The number of ether oxygens (including phenoxy) is 2. The first-order valence-electron chi connectivity index (χ1n) is 8.50. The molecule has 0 aliphatic carbocycles. The lowest BCUT2D eigenvalue weighted by Crippen LogP contribution is -2.60. The molecule has 9 nitrogen and oxygen atoms in total. The van der Waals surface area contributed by atoms with Crippen LogP contribution in [-0.4, -0.2) is 67.5 Å². The molecule has 0 unspecified atom stereocenters. The Morgan fingerprint density at radius 1 is 1.11 bits per heavy atom. The van der Waals surface area contributed by atoms with Gasteiger partial charge in [-0.1, -0.05) is 18.2 Å². The largest absolute Gasteiger partial charge is 0.462 e. The second-order valence-electron chi connectivity index (χ2n) is 6.39. The first kappa shape index (κ1) is 19.5. The van der Waals surface area contributed by atoms with Gasteiger partial charge in [0.25, 0.3) is 5.56 Å². The maximum absolute atomic E-state index is 12.0. The number of rotatable bonds is 5. The molecule has 0 saturated carbocycles. The van der Waals surface area contributed by atoms with Crippen LogP contribution in [0.1, 0.15) is 11.3 Å². The predicted molar refractivity (Wildman–Crippen MR) is 93.2 cm³/mol. The van der Waals surface area contributed by atoms with Gasteiger partial charge in [0.2, 0.25) is 6.29 Å². The van der Waals surface area contributed by atoms with Gasteiger partial charge in [0.1, 0.15) is 30.2 Å². The second kappa shape index (κ2) is 8.15. The van der Waals surface area contributed by atoms with E-state index in [1.807, 2.05) is 0 Å². The molecule has 27 heavy (non-hydrogen) atoms. The molecular weight excluding hydrogens is 356 g/mol. The number of aliphatic hydroxyl groups is 4. The number of aliphatic hydroxyl groups excluding tert-OH is 4. The molecule has 146 valence electrons. The summed E-state index contributed by atoms with van der Waals surface area (Å²) < 4.78 is 12.3. The molecule has 4 N–H and O–H groups in total. The zero-order valence-corrected chi connectivity index (χ0v) is 14.7. The van der Waals surface area contributed by atoms with Gasteiger partial charge in [-0.25, -0.2) is 4.68 Å². The number of benzene rings is 1. The Hall–Kier alpha value is -2.30. The van der Waals surface area contributed by atoms with Crippen LogP contribution >= 0.6 is 0 Å². The molecule has 3 rings (SSSR count). The molecule has 1 fully saturated rings. The van der Waals surface area contributed by atoms with Gasteiger partial charge in [-0.15, -0.1) is 0 Å². The van der Waals surface area contributed by atoms with Crippen molar-refractivity contribution >= 4 is 0 Å². The summed E-state index contributed by atoms with van der Waals surface area (Å²) in [4.78, 5) is 12.0. The summed E-state index contributed by atoms with van der Waals surface area (Å²) in [7, 11) is 0. The number of aromatic nitrogens is 2. The van der Waals surface area contributed by atoms with E-state index in [4.69, 9.17) is 9.47 Å². The molecule has 1 aromatic heterocycles. The Kier molecular flexibility index (Phi) is 5.88. The molecule has 1 aromatic carbocycles. The van der Waals surface area contributed by atoms with Gasteiger partial charge in [0, 0.05) is 11.6 Å². The maximum Gasteiger partial charge on any atom is 0.267 e. The third kappa shape index (κ3) is 4.18. The van der Waals surface area contributed by atoms with Gasteiger partial charge in [0.15, 0.2) is 0 Å². The number of nitrogens with zero attached hydrogens (tertiary/aromatic N) is 2. The highest BCUT2D eigenvalue weighted by atomic mass is 16.7. The summed E-state index contributed by atoms with van der Waals surface area (Å²) in [6.07, 6.45) is -6.88. The highest BCUT2D eigenvalue weighted by Gasteiger charge is 2.44. The van der Waals surface area contributed by atoms with E-state index in [1.54, 1.807) is 37.3 Å². The van der Waals surface area contributed by atoms with Crippen molar-refractivity contribution in [3.8, 4) is 5.75 Å². The number of hydrogen-bond acceptors (Lipinski definition) is 8. The van der Waals surface area contributed by atoms with Crippen LogP contribution in [0.15, 0.2) is 41.2 Å². The van der Waals surface area contributed by atoms with E-state index >= 15 is 0 Å². The fourth-order valence-electron chi connectivity index (χ4n) is 2.86. The zero-order chi connectivity index (χ0) is 19.6. The van der Waals surface area contributed by atoms with Crippen molar-refractivity contribution in [1.29, 1.82) is 0 Å². The van der Waals surface area contributed by atoms with Crippen LogP contribution in [0.4, 0.5) is 0 Å². The first-order chi connectivity index (χ1) is 12.9. The van der Waals surface area contributed by atoms with Crippen molar-refractivity contribution in [3.63, 3.8) is 0 Å². The molecule has 1 saturated heterocycles. The van der Waals surface area contributed by atoms with E-state index in [9.17, 15) is 25.2 Å². The molecular formula is C18H22N2O7. The molecule has 1 aliphatic rings. The van der Waals surface area contributed by atoms with Crippen LogP contribution in [0.2, 0.25) is 0 Å². The molecule has 2 heterocycles. The fraction of sp³-hybridized carbons (Fsp3) is 0.444. The Bertz CT molecular complexity index is 838. The van der Waals surface area contributed by atoms with E-state index in [1.165, 1.54) is 10.7 Å². The fourth-order valence-corrected chi connectivity index (χ4v) is 2.86. The number of para-hydroxylation sites is 1. The summed E-state index contributed by atoms with van der Waals surface area (Å²) >= 11 is 0. The van der Waals surface area contributed by atoms with Crippen molar-refractivity contribution in [2.24, 2.45) is 0 Å². The lowest BCUT2D eigenvalue weighted by Gasteiger charge is -2.39. The maximum atomic E-state index is 12.0. The lowest BCUT2D eigenvalue weighted by atomic mass is 9.99. The minimum atomic E-state index is -1.53. The normalized spacial score (nSPS) is 28.1. The molecule has 1 aliphatic heterocycles. The quantitative estimate of drug-likeness (QED) is 0.509. The lowest BCUT2D eigenvalue weighted by molar-refractivity contribution is -0.277. The number of hydrogen-bond donors (Lipinski definition) is 4. The third-order valence-electron chi connectivity index (χ3n) is 4.38. The summed E-state index contributed by atoms with van der Waals surface area (Å²) in [6.45, 7) is 1.36. The first-order valence-corrected chi connectivity index (χ1v) is 8.50. The Labute approximate surface area is 155 Å². The van der Waals surface area contributed by atoms with E-state index < -0.39 is 37.3 Å². The Balaban J connectivity index is 1.84. The van der Waals surface area contributed by atoms with Crippen molar-refractivity contribution in [1.82, 2.24) is 9.78 Å². The Morgan fingerprint density at radius 2 is 1.85 bits per heavy atom. The third-order valence-corrected chi connectivity index (χ3v) is 4.38. The van der Waals surface area contributed by atoms with E-state index in [0.29, 0.717) is 17.0 Å². The Morgan fingerprint density at radius 3 is 2.59 bits per heavy atom. The molecule has 2 aromatic rings. The van der Waals surface area contributed by atoms with Crippen LogP contribution in [0.5, 0.6) is 5.75 Å². The second-order valence-corrected chi connectivity index (χ2v) is 6.39. The number of aryl methyl sites for hydroxylation is 1. The van der Waals surface area contributed by atoms with E-state index in [-0.39, 0.29) is 12.1 Å². The molecule has 0 radical (unpaired) electrons. The van der Waals surface area contributed by atoms with Crippen LogP contribution < -0.4 is 10.3 Å². The van der Waals surface area contributed by atoms with Gasteiger partial charge in [-0.3, -0.25) is 4.79 Å². The average molecular weight is 378 g/mol. The standard InChI is InChI=1S/C18H22N2O7/c1-10-6-7-14(22)20(19-10)8-11-4-2-3-5-12(11)26-18-17(25)16(24)15(23)13(9-21)27-18/h2-7,13,15-18,21,23-25H,8-9H2,1H3/t13-,15-,16+,17-,18-/m1/s1. The molecule has 5 atom stereocenters. The van der Waals surface area contributed by atoms with Gasteiger partial charge in [-0.05, 0) is 19.1 Å². The summed E-state index contributed by atoms with van der Waals surface area (Å²) in [5.74, 6) is 0.317. The average Bonchev–Trinajstić information content (AvgIpc) is 2.66. The summed E-state index contributed by atoms with van der Waals surface area (Å²) in [5.41, 5.74) is 1.01. The van der Waals surface area contributed by atoms with Gasteiger partial charge in [-0.2, -0.15) is 5.10 Å². The monoisotopic (exact) mass is 378 g/mol. The molecule has 9 heteroatoms. The molecule has 0 bridgehead atoms.